The van der Waals surface area contributed by atoms with Crippen LogP contribution in [0.2, 0.25) is 0 Å². The van der Waals surface area contributed by atoms with Crippen LogP contribution in [0, 0.1) is 5.82 Å². The maximum absolute atomic E-state index is 13.2. The first-order valence-corrected chi connectivity index (χ1v) is 9.46. The molecule has 0 aliphatic heterocycles. The SMILES string of the molecule is CCOC(=O)C(C)(C)Sc1ncnc2scc(-c3ccc(F)cc3)c12. The topological polar surface area (TPSA) is 52.1 Å². The molecule has 3 aromatic rings. The Morgan fingerprint density at radius 3 is 2.68 bits per heavy atom. The molecule has 130 valence electrons. The van der Waals surface area contributed by atoms with E-state index in [9.17, 15) is 9.18 Å². The Balaban J connectivity index is 2.06. The number of carbonyl (C=O) groups is 1. The van der Waals surface area contributed by atoms with Gasteiger partial charge >= 0.3 is 5.97 Å². The Hall–Kier alpha value is -1.99. The molecule has 0 aliphatic rings. The number of fused-ring (bicyclic) bond motifs is 1. The van der Waals surface area contributed by atoms with E-state index in [1.165, 1.54) is 41.6 Å². The van der Waals surface area contributed by atoms with Crippen LogP contribution in [0.1, 0.15) is 20.8 Å². The summed E-state index contributed by atoms with van der Waals surface area (Å²) in [6, 6.07) is 6.32. The van der Waals surface area contributed by atoms with Crippen LogP contribution >= 0.6 is 23.1 Å². The fourth-order valence-corrected chi connectivity index (χ4v) is 4.37. The van der Waals surface area contributed by atoms with Crippen LogP contribution in [0.5, 0.6) is 0 Å². The number of ether oxygens (including phenoxy) is 1. The molecule has 0 saturated heterocycles. The number of halogens is 1. The molecule has 0 atom stereocenters. The highest BCUT2D eigenvalue weighted by molar-refractivity contribution is 8.01. The van der Waals surface area contributed by atoms with Gasteiger partial charge in [-0.1, -0.05) is 23.9 Å². The fraction of sp³-hybridized carbons (Fsp3) is 0.278. The summed E-state index contributed by atoms with van der Waals surface area (Å²) in [5.74, 6) is -0.567. The van der Waals surface area contributed by atoms with E-state index in [0.29, 0.717) is 11.6 Å². The largest absolute Gasteiger partial charge is 0.465 e. The van der Waals surface area contributed by atoms with Gasteiger partial charge in [-0.15, -0.1) is 11.3 Å². The van der Waals surface area contributed by atoms with Crippen LogP contribution in [-0.2, 0) is 9.53 Å². The first kappa shape index (κ1) is 17.8. The maximum atomic E-state index is 13.2. The van der Waals surface area contributed by atoms with Crippen molar-refractivity contribution in [2.24, 2.45) is 0 Å². The highest BCUT2D eigenvalue weighted by Crippen LogP contribution is 2.42. The fourth-order valence-electron chi connectivity index (χ4n) is 2.36. The predicted molar refractivity (Wildman–Crippen MR) is 99.4 cm³/mol. The van der Waals surface area contributed by atoms with Crippen molar-refractivity contribution in [3.63, 3.8) is 0 Å². The molecule has 0 N–H and O–H groups in total. The van der Waals surface area contributed by atoms with E-state index >= 15 is 0 Å². The van der Waals surface area contributed by atoms with Crippen LogP contribution in [0.15, 0.2) is 41.0 Å². The summed E-state index contributed by atoms with van der Waals surface area (Å²) in [6.45, 7) is 5.75. The minimum Gasteiger partial charge on any atom is -0.465 e. The molecule has 2 aromatic heterocycles. The van der Waals surface area contributed by atoms with Crippen molar-refractivity contribution in [2.75, 3.05) is 6.61 Å². The van der Waals surface area contributed by atoms with E-state index in [4.69, 9.17) is 4.74 Å². The number of thioether (sulfide) groups is 1. The third-order valence-electron chi connectivity index (χ3n) is 3.61. The highest BCUT2D eigenvalue weighted by atomic mass is 32.2. The van der Waals surface area contributed by atoms with E-state index in [0.717, 1.165) is 21.3 Å². The molecule has 0 aliphatic carbocycles. The zero-order valence-corrected chi connectivity index (χ0v) is 15.7. The van der Waals surface area contributed by atoms with E-state index in [1.54, 1.807) is 19.1 Å². The van der Waals surface area contributed by atoms with Gasteiger partial charge in [-0.3, -0.25) is 4.79 Å². The third-order valence-corrected chi connectivity index (χ3v) is 5.68. The summed E-state index contributed by atoms with van der Waals surface area (Å²) >= 11 is 2.84. The molecule has 0 amide bonds. The quantitative estimate of drug-likeness (QED) is 0.359. The minimum atomic E-state index is -0.778. The first-order valence-electron chi connectivity index (χ1n) is 7.76. The normalized spacial score (nSPS) is 11.7. The summed E-state index contributed by atoms with van der Waals surface area (Å²) in [7, 11) is 0. The van der Waals surface area contributed by atoms with Crippen molar-refractivity contribution in [1.29, 1.82) is 0 Å². The highest BCUT2D eigenvalue weighted by Gasteiger charge is 2.32. The van der Waals surface area contributed by atoms with E-state index in [2.05, 4.69) is 9.97 Å². The predicted octanol–water partition coefficient (Wildman–Crippen LogP) is 4.93. The van der Waals surface area contributed by atoms with Crippen molar-refractivity contribution in [3.8, 4) is 11.1 Å². The van der Waals surface area contributed by atoms with Gasteiger partial charge in [0.25, 0.3) is 0 Å². The second-order valence-electron chi connectivity index (χ2n) is 5.85. The van der Waals surface area contributed by atoms with Crippen molar-refractivity contribution in [1.82, 2.24) is 9.97 Å². The number of hydrogen-bond donors (Lipinski definition) is 0. The van der Waals surface area contributed by atoms with Crippen molar-refractivity contribution >= 4 is 39.3 Å². The molecule has 3 rings (SSSR count). The Bertz CT molecular complexity index is 907. The minimum absolute atomic E-state index is 0.280. The molecule has 0 bridgehead atoms. The van der Waals surface area contributed by atoms with Gasteiger partial charge in [0, 0.05) is 10.9 Å². The molecule has 0 radical (unpaired) electrons. The molecular weight excluding hydrogens is 359 g/mol. The number of carbonyl (C=O) groups excluding carboxylic acids is 1. The summed E-state index contributed by atoms with van der Waals surface area (Å²) in [6.07, 6.45) is 1.50. The Morgan fingerprint density at radius 1 is 1.28 bits per heavy atom. The average Bonchev–Trinajstić information content (AvgIpc) is 3.01. The monoisotopic (exact) mass is 376 g/mol. The Labute approximate surface area is 153 Å². The lowest BCUT2D eigenvalue weighted by Gasteiger charge is -2.21. The number of benzene rings is 1. The zero-order chi connectivity index (χ0) is 18.0. The molecule has 1 aromatic carbocycles. The van der Waals surface area contributed by atoms with Gasteiger partial charge in [0.2, 0.25) is 0 Å². The number of nitrogens with zero attached hydrogens (tertiary/aromatic N) is 2. The van der Waals surface area contributed by atoms with Gasteiger partial charge in [-0.2, -0.15) is 0 Å². The van der Waals surface area contributed by atoms with Crippen molar-refractivity contribution in [2.45, 2.75) is 30.5 Å². The van der Waals surface area contributed by atoms with Crippen LogP contribution in [0.25, 0.3) is 21.3 Å². The summed E-state index contributed by atoms with van der Waals surface area (Å²) < 4.78 is 17.6. The number of rotatable bonds is 5. The second-order valence-corrected chi connectivity index (χ2v) is 8.32. The van der Waals surface area contributed by atoms with Crippen molar-refractivity contribution < 1.29 is 13.9 Å². The van der Waals surface area contributed by atoms with Gasteiger partial charge in [0.05, 0.1) is 12.0 Å². The van der Waals surface area contributed by atoms with Gasteiger partial charge < -0.3 is 4.74 Å². The molecule has 7 heteroatoms. The molecule has 0 unspecified atom stereocenters. The Morgan fingerprint density at radius 2 is 2.00 bits per heavy atom. The molecule has 0 fully saturated rings. The molecule has 0 saturated carbocycles. The van der Waals surface area contributed by atoms with E-state index < -0.39 is 4.75 Å². The molecule has 0 spiro atoms. The lowest BCUT2D eigenvalue weighted by atomic mass is 10.1. The number of hydrogen-bond acceptors (Lipinski definition) is 6. The van der Waals surface area contributed by atoms with Gasteiger partial charge in [0.1, 0.15) is 26.7 Å². The van der Waals surface area contributed by atoms with Gasteiger partial charge in [-0.05, 0) is 38.5 Å². The van der Waals surface area contributed by atoms with Gasteiger partial charge in [0.15, 0.2) is 0 Å². The van der Waals surface area contributed by atoms with Crippen molar-refractivity contribution in [3.05, 3.63) is 41.8 Å². The van der Waals surface area contributed by atoms with Gasteiger partial charge in [-0.25, -0.2) is 14.4 Å². The summed E-state index contributed by atoms with van der Waals surface area (Å²) in [5, 5.41) is 3.57. The van der Waals surface area contributed by atoms with E-state index in [-0.39, 0.29) is 11.8 Å². The molecule has 4 nitrogen and oxygen atoms in total. The summed E-state index contributed by atoms with van der Waals surface area (Å²) in [4.78, 5) is 21.7. The smallest absolute Gasteiger partial charge is 0.322 e. The van der Waals surface area contributed by atoms with Crippen LogP contribution in [0.3, 0.4) is 0 Å². The van der Waals surface area contributed by atoms with Crippen LogP contribution < -0.4 is 0 Å². The lowest BCUT2D eigenvalue weighted by Crippen LogP contribution is -2.30. The average molecular weight is 376 g/mol. The van der Waals surface area contributed by atoms with Crippen LogP contribution in [0.4, 0.5) is 4.39 Å². The molecule has 25 heavy (non-hydrogen) atoms. The molecular formula is C18H17FN2O2S2. The standard InChI is InChI=1S/C18H17FN2O2S2/c1-4-23-17(22)18(2,3)25-16-14-13(9-24-15(14)20-10-21-16)11-5-7-12(19)8-6-11/h5-10H,4H2,1-3H3. The van der Waals surface area contributed by atoms with Crippen LogP contribution in [-0.4, -0.2) is 27.3 Å². The Kier molecular flexibility index (Phi) is 5.06. The lowest BCUT2D eigenvalue weighted by molar-refractivity contribution is -0.145. The number of aromatic nitrogens is 2. The maximum Gasteiger partial charge on any atom is 0.322 e. The summed E-state index contributed by atoms with van der Waals surface area (Å²) in [5.41, 5.74) is 1.82. The first-order chi connectivity index (χ1) is 11.9. The molecule has 2 heterocycles. The second kappa shape index (κ2) is 7.09. The zero-order valence-electron chi connectivity index (χ0n) is 14.1. The third kappa shape index (κ3) is 3.67. The van der Waals surface area contributed by atoms with E-state index in [1.807, 2.05) is 19.2 Å². The number of esters is 1. The number of thiophene rings is 1.